The van der Waals surface area contributed by atoms with Crippen LogP contribution in [-0.4, -0.2) is 7.05 Å². The minimum atomic E-state index is 0. The molecule has 0 fully saturated rings. The maximum Gasteiger partial charge on any atom is 0.213 e. The minimum absolute atomic E-state index is 0. The molecular formula is C23H23IN2S. The van der Waals surface area contributed by atoms with Crippen molar-refractivity contribution in [3.63, 3.8) is 0 Å². The van der Waals surface area contributed by atoms with E-state index < -0.39 is 0 Å². The molecule has 0 bridgehead atoms. The lowest BCUT2D eigenvalue weighted by molar-refractivity contribution is -0.610. The predicted octanol–water partition coefficient (Wildman–Crippen LogP) is 2.43. The second-order valence-corrected chi connectivity index (χ2v) is 7.87. The van der Waals surface area contributed by atoms with Crippen LogP contribution in [0.5, 0.6) is 0 Å². The van der Waals surface area contributed by atoms with Crippen molar-refractivity contribution in [1.29, 1.82) is 0 Å². The van der Waals surface area contributed by atoms with Crippen molar-refractivity contribution in [1.82, 2.24) is 0 Å². The van der Waals surface area contributed by atoms with Crippen molar-refractivity contribution in [3.8, 4) is 5.69 Å². The van der Waals surface area contributed by atoms with E-state index in [1.54, 1.807) is 0 Å². The molecule has 3 aromatic rings. The lowest BCUT2D eigenvalue weighted by Gasteiger charge is -2.13. The first-order valence-electron chi connectivity index (χ1n) is 8.86. The van der Waals surface area contributed by atoms with Gasteiger partial charge in [0.05, 0.1) is 10.7 Å². The summed E-state index contributed by atoms with van der Waals surface area (Å²) in [6.07, 6.45) is 2.28. The molecule has 2 aromatic carbocycles. The van der Waals surface area contributed by atoms with E-state index in [4.69, 9.17) is 0 Å². The van der Waals surface area contributed by atoms with Gasteiger partial charge in [0.15, 0.2) is 11.4 Å². The van der Waals surface area contributed by atoms with Gasteiger partial charge in [0.25, 0.3) is 0 Å². The van der Waals surface area contributed by atoms with Gasteiger partial charge in [-0.05, 0) is 30.7 Å². The van der Waals surface area contributed by atoms with Crippen LogP contribution in [0.4, 0.5) is 5.69 Å². The summed E-state index contributed by atoms with van der Waals surface area (Å²) in [6, 6.07) is 21.6. The van der Waals surface area contributed by atoms with Gasteiger partial charge in [-0.2, -0.15) is 4.57 Å². The molecule has 27 heavy (non-hydrogen) atoms. The van der Waals surface area contributed by atoms with Crippen molar-refractivity contribution in [2.75, 3.05) is 11.9 Å². The van der Waals surface area contributed by atoms with Gasteiger partial charge in [0, 0.05) is 49.6 Å². The largest absolute Gasteiger partial charge is 1.00 e. The number of para-hydroxylation sites is 2. The van der Waals surface area contributed by atoms with Gasteiger partial charge in [0.2, 0.25) is 5.69 Å². The Morgan fingerprint density at radius 3 is 2.19 bits per heavy atom. The highest BCUT2D eigenvalue weighted by molar-refractivity contribution is 8.03. The molecule has 0 spiro atoms. The molecule has 0 radical (unpaired) electrons. The fraction of sp³-hybridized carbons (Fsp3) is 0.174. The van der Waals surface area contributed by atoms with Gasteiger partial charge in [0.1, 0.15) is 0 Å². The number of hydrogen-bond acceptors (Lipinski definition) is 2. The topological polar surface area (TPSA) is 7.12 Å². The molecule has 1 aliphatic heterocycles. The van der Waals surface area contributed by atoms with Gasteiger partial charge in [-0.3, -0.25) is 0 Å². The fourth-order valence-corrected chi connectivity index (χ4v) is 4.71. The van der Waals surface area contributed by atoms with E-state index in [-0.39, 0.29) is 24.0 Å². The SMILES string of the molecule is Cc1ccccc1-[n+]1c(C)cc(C=C2Sc3ccccc3N2C)cc1C.[I-]. The Kier molecular flexibility index (Phi) is 5.96. The average molecular weight is 486 g/mol. The van der Waals surface area contributed by atoms with E-state index in [1.165, 1.54) is 43.8 Å². The maximum atomic E-state index is 2.33. The van der Waals surface area contributed by atoms with E-state index in [0.717, 1.165) is 0 Å². The molecule has 0 unspecified atom stereocenters. The van der Waals surface area contributed by atoms with E-state index >= 15 is 0 Å². The molecule has 0 saturated carbocycles. The van der Waals surface area contributed by atoms with Crippen LogP contribution >= 0.6 is 11.8 Å². The maximum absolute atomic E-state index is 2.33. The summed E-state index contributed by atoms with van der Waals surface area (Å²) in [7, 11) is 2.14. The smallest absolute Gasteiger partial charge is 0.213 e. The summed E-state index contributed by atoms with van der Waals surface area (Å²) in [5.41, 5.74) is 7.55. The number of anilines is 1. The van der Waals surface area contributed by atoms with Crippen LogP contribution in [0.3, 0.4) is 0 Å². The van der Waals surface area contributed by atoms with Crippen LogP contribution in [0.2, 0.25) is 0 Å². The highest BCUT2D eigenvalue weighted by Crippen LogP contribution is 2.45. The number of benzene rings is 2. The first-order valence-corrected chi connectivity index (χ1v) is 9.68. The average Bonchev–Trinajstić information content (AvgIpc) is 2.92. The molecule has 138 valence electrons. The molecule has 0 aliphatic carbocycles. The zero-order chi connectivity index (χ0) is 18.3. The third-order valence-electron chi connectivity index (χ3n) is 4.87. The van der Waals surface area contributed by atoms with Crippen LogP contribution in [0.15, 0.2) is 70.6 Å². The van der Waals surface area contributed by atoms with Gasteiger partial charge in [-0.1, -0.05) is 42.1 Å². The number of hydrogen-bond donors (Lipinski definition) is 0. The molecule has 2 nitrogen and oxygen atoms in total. The van der Waals surface area contributed by atoms with Crippen molar-refractivity contribution in [2.45, 2.75) is 25.7 Å². The summed E-state index contributed by atoms with van der Waals surface area (Å²) >= 11 is 1.83. The fourth-order valence-electron chi connectivity index (χ4n) is 3.60. The standard InChI is InChI=1S/C23H23N2S.HI/c1-16-9-5-6-10-20(16)25-17(2)13-19(14-18(25)3)15-23-24(4)21-11-7-8-12-22(21)26-23;/h5-15H,1-4H3;1H/q+1;/p-1. The molecule has 1 aromatic heterocycles. The highest BCUT2D eigenvalue weighted by atomic mass is 127. The third-order valence-corrected chi connectivity index (χ3v) is 6.04. The summed E-state index contributed by atoms with van der Waals surface area (Å²) in [6.45, 7) is 6.53. The Morgan fingerprint density at radius 1 is 0.889 bits per heavy atom. The normalized spacial score (nSPS) is 14.2. The quantitative estimate of drug-likeness (QED) is 0.406. The van der Waals surface area contributed by atoms with Crippen LogP contribution in [0.1, 0.15) is 22.5 Å². The van der Waals surface area contributed by atoms with Gasteiger partial charge < -0.3 is 28.9 Å². The summed E-state index contributed by atoms with van der Waals surface area (Å²) in [4.78, 5) is 3.59. The zero-order valence-corrected chi connectivity index (χ0v) is 19.0. The molecule has 0 N–H and O–H groups in total. The monoisotopic (exact) mass is 486 g/mol. The van der Waals surface area contributed by atoms with Crippen LogP contribution in [0.25, 0.3) is 11.8 Å². The van der Waals surface area contributed by atoms with E-state index in [1.807, 2.05) is 11.8 Å². The van der Waals surface area contributed by atoms with E-state index in [9.17, 15) is 0 Å². The lowest BCUT2D eigenvalue weighted by Crippen LogP contribution is -3.00. The molecule has 0 atom stereocenters. The Morgan fingerprint density at radius 2 is 1.52 bits per heavy atom. The Balaban J connectivity index is 0.00000210. The summed E-state index contributed by atoms with van der Waals surface area (Å²) < 4.78 is 2.33. The lowest BCUT2D eigenvalue weighted by atomic mass is 10.1. The molecule has 1 aliphatic rings. The third kappa shape index (κ3) is 3.78. The first-order chi connectivity index (χ1) is 12.5. The second kappa shape index (κ2) is 8.07. The number of nitrogens with zero attached hydrogens (tertiary/aromatic N) is 2. The molecule has 4 heteroatoms. The summed E-state index contributed by atoms with van der Waals surface area (Å²) in [5, 5.41) is 1.26. The number of aromatic nitrogens is 1. The van der Waals surface area contributed by atoms with Crippen molar-refractivity contribution in [2.24, 2.45) is 0 Å². The van der Waals surface area contributed by atoms with Crippen molar-refractivity contribution in [3.05, 3.63) is 88.2 Å². The Labute approximate surface area is 182 Å². The van der Waals surface area contributed by atoms with E-state index in [0.29, 0.717) is 0 Å². The molecule has 4 rings (SSSR count). The van der Waals surface area contributed by atoms with Crippen LogP contribution < -0.4 is 33.4 Å². The Hall–Kier alpha value is -1.79. The molecule has 0 amide bonds. The van der Waals surface area contributed by atoms with Gasteiger partial charge in [-0.25, -0.2) is 0 Å². The number of aryl methyl sites for hydroxylation is 3. The number of rotatable bonds is 2. The second-order valence-electron chi connectivity index (χ2n) is 6.80. The number of pyridine rings is 1. The van der Waals surface area contributed by atoms with E-state index in [2.05, 4.69) is 104 Å². The zero-order valence-electron chi connectivity index (χ0n) is 16.0. The predicted molar refractivity (Wildman–Crippen MR) is 111 cm³/mol. The number of thioether (sulfide) groups is 1. The molecule has 2 heterocycles. The molecule has 0 saturated heterocycles. The highest BCUT2D eigenvalue weighted by Gasteiger charge is 2.22. The van der Waals surface area contributed by atoms with Crippen LogP contribution in [0, 0.1) is 20.8 Å². The Bertz CT molecular complexity index is 1000. The number of fused-ring (bicyclic) bond motifs is 1. The van der Waals surface area contributed by atoms with Gasteiger partial charge >= 0.3 is 0 Å². The molecular weight excluding hydrogens is 463 g/mol. The van der Waals surface area contributed by atoms with Crippen molar-refractivity contribution < 1.29 is 28.5 Å². The van der Waals surface area contributed by atoms with Gasteiger partial charge in [-0.15, -0.1) is 0 Å². The van der Waals surface area contributed by atoms with Crippen molar-refractivity contribution >= 4 is 23.5 Å². The first kappa shape index (κ1) is 20.0. The van der Waals surface area contributed by atoms with Crippen LogP contribution in [-0.2, 0) is 0 Å². The summed E-state index contributed by atoms with van der Waals surface area (Å²) in [5.74, 6) is 0. The number of halogens is 1. The minimum Gasteiger partial charge on any atom is -1.00 e.